The zero-order valence-electron chi connectivity index (χ0n) is 20.1. The van der Waals surface area contributed by atoms with E-state index in [4.69, 9.17) is 18.7 Å². The first-order chi connectivity index (χ1) is 16.5. The number of methoxy groups -OCH3 is 2. The molecule has 0 spiro atoms. The van der Waals surface area contributed by atoms with Crippen LogP contribution in [0.2, 0.25) is 0 Å². The van der Waals surface area contributed by atoms with Gasteiger partial charge in [-0.3, -0.25) is 4.79 Å². The van der Waals surface area contributed by atoms with Crippen LogP contribution in [0.15, 0.2) is 47.0 Å². The standard InChI is InChI=1S/C26H31N3O5/c1-5-6-13-33-21-10-7-18(8-11-21)26-27-25(28-34-26)20-15-24(30)29(16-20)17(2)19-9-12-22(31-3)23(14-19)32-4/h7-12,14,17,20H,5-6,13,15-16H2,1-4H3. The average Bonchev–Trinajstić information content (AvgIpc) is 3.51. The molecule has 1 saturated heterocycles. The lowest BCUT2D eigenvalue weighted by Gasteiger charge is -2.25. The number of hydrogen-bond acceptors (Lipinski definition) is 7. The average molecular weight is 466 g/mol. The molecule has 1 fully saturated rings. The number of likely N-dealkylation sites (tertiary alicyclic amines) is 1. The van der Waals surface area contributed by atoms with Crippen molar-refractivity contribution in [2.75, 3.05) is 27.4 Å². The van der Waals surface area contributed by atoms with E-state index in [1.807, 2.05) is 54.3 Å². The van der Waals surface area contributed by atoms with Gasteiger partial charge >= 0.3 is 0 Å². The van der Waals surface area contributed by atoms with Crippen LogP contribution in [0.4, 0.5) is 0 Å². The zero-order chi connectivity index (χ0) is 24.1. The van der Waals surface area contributed by atoms with Gasteiger partial charge in [-0.05, 0) is 55.3 Å². The van der Waals surface area contributed by atoms with Crippen LogP contribution in [-0.2, 0) is 4.79 Å². The smallest absolute Gasteiger partial charge is 0.257 e. The van der Waals surface area contributed by atoms with Gasteiger partial charge in [0.1, 0.15) is 5.75 Å². The van der Waals surface area contributed by atoms with E-state index in [1.54, 1.807) is 14.2 Å². The molecule has 34 heavy (non-hydrogen) atoms. The Labute approximate surface area is 199 Å². The molecule has 2 heterocycles. The summed E-state index contributed by atoms with van der Waals surface area (Å²) in [5.74, 6) is 3.04. The molecule has 0 saturated carbocycles. The van der Waals surface area contributed by atoms with Crippen molar-refractivity contribution < 1.29 is 23.5 Å². The van der Waals surface area contributed by atoms with E-state index < -0.39 is 0 Å². The highest BCUT2D eigenvalue weighted by atomic mass is 16.5. The Morgan fingerprint density at radius 2 is 1.88 bits per heavy atom. The Bertz CT molecular complexity index is 1110. The molecule has 0 aliphatic carbocycles. The molecule has 0 bridgehead atoms. The molecule has 1 aliphatic heterocycles. The van der Waals surface area contributed by atoms with Gasteiger partial charge in [0.2, 0.25) is 5.91 Å². The summed E-state index contributed by atoms with van der Waals surface area (Å²) >= 11 is 0. The molecule has 0 N–H and O–H groups in total. The van der Waals surface area contributed by atoms with E-state index in [-0.39, 0.29) is 17.9 Å². The number of amides is 1. The monoisotopic (exact) mass is 465 g/mol. The largest absolute Gasteiger partial charge is 0.494 e. The summed E-state index contributed by atoms with van der Waals surface area (Å²) in [5, 5.41) is 4.18. The fourth-order valence-electron chi connectivity index (χ4n) is 4.12. The van der Waals surface area contributed by atoms with E-state index >= 15 is 0 Å². The number of benzene rings is 2. The lowest BCUT2D eigenvalue weighted by atomic mass is 10.1. The topological polar surface area (TPSA) is 86.9 Å². The van der Waals surface area contributed by atoms with Crippen LogP contribution in [-0.4, -0.2) is 48.3 Å². The Morgan fingerprint density at radius 1 is 1.12 bits per heavy atom. The number of hydrogen-bond donors (Lipinski definition) is 0. The summed E-state index contributed by atoms with van der Waals surface area (Å²) in [6.07, 6.45) is 2.47. The van der Waals surface area contributed by atoms with Crippen molar-refractivity contribution in [2.45, 2.75) is 45.1 Å². The molecule has 0 radical (unpaired) electrons. The highest BCUT2D eigenvalue weighted by molar-refractivity contribution is 5.80. The molecule has 3 aromatic rings. The van der Waals surface area contributed by atoms with Gasteiger partial charge < -0.3 is 23.6 Å². The first kappa shape index (κ1) is 23.6. The molecule has 2 atom stereocenters. The van der Waals surface area contributed by atoms with Crippen molar-refractivity contribution >= 4 is 5.91 Å². The summed E-state index contributed by atoms with van der Waals surface area (Å²) in [4.78, 5) is 19.3. The minimum atomic E-state index is -0.121. The van der Waals surface area contributed by atoms with Crippen molar-refractivity contribution in [1.29, 1.82) is 0 Å². The Hall–Kier alpha value is -3.55. The molecule has 2 unspecified atom stereocenters. The van der Waals surface area contributed by atoms with Gasteiger partial charge in [0.25, 0.3) is 5.89 Å². The van der Waals surface area contributed by atoms with Crippen LogP contribution in [0.3, 0.4) is 0 Å². The SMILES string of the molecule is CCCCOc1ccc(-c2nc(C3CC(=O)N(C(C)c4ccc(OC)c(OC)c4)C3)no2)cc1. The minimum absolute atomic E-state index is 0.0622. The Morgan fingerprint density at radius 3 is 2.59 bits per heavy atom. The molecule has 1 aliphatic rings. The molecular formula is C26H31N3O5. The number of aromatic nitrogens is 2. The van der Waals surface area contributed by atoms with Gasteiger partial charge in [0.05, 0.1) is 26.9 Å². The summed E-state index contributed by atoms with van der Waals surface area (Å²) < 4.78 is 22.0. The maximum atomic E-state index is 12.8. The third kappa shape index (κ3) is 5.00. The summed E-state index contributed by atoms with van der Waals surface area (Å²) in [6.45, 7) is 5.37. The first-order valence-electron chi connectivity index (χ1n) is 11.6. The van der Waals surface area contributed by atoms with E-state index in [9.17, 15) is 4.79 Å². The fraction of sp³-hybridized carbons (Fsp3) is 0.423. The lowest BCUT2D eigenvalue weighted by molar-refractivity contribution is -0.129. The van der Waals surface area contributed by atoms with Crippen LogP contribution in [0.25, 0.3) is 11.5 Å². The molecule has 4 rings (SSSR count). The van der Waals surface area contributed by atoms with Gasteiger partial charge in [-0.2, -0.15) is 4.98 Å². The number of nitrogens with zero attached hydrogens (tertiary/aromatic N) is 3. The summed E-state index contributed by atoms with van der Waals surface area (Å²) in [7, 11) is 3.20. The predicted molar refractivity (Wildman–Crippen MR) is 127 cm³/mol. The molecule has 1 aromatic heterocycles. The maximum absolute atomic E-state index is 12.8. The fourth-order valence-corrected chi connectivity index (χ4v) is 4.12. The van der Waals surface area contributed by atoms with Crippen molar-refractivity contribution in [3.05, 3.63) is 53.9 Å². The molecule has 180 valence electrons. The highest BCUT2D eigenvalue weighted by Crippen LogP contribution is 2.36. The highest BCUT2D eigenvalue weighted by Gasteiger charge is 2.36. The second-order valence-corrected chi connectivity index (χ2v) is 8.42. The first-order valence-corrected chi connectivity index (χ1v) is 11.6. The number of unbranched alkanes of at least 4 members (excludes halogenated alkanes) is 1. The van der Waals surface area contributed by atoms with Gasteiger partial charge in [-0.25, -0.2) is 0 Å². The van der Waals surface area contributed by atoms with Crippen LogP contribution < -0.4 is 14.2 Å². The molecule has 8 nitrogen and oxygen atoms in total. The van der Waals surface area contributed by atoms with E-state index in [0.717, 1.165) is 29.7 Å². The second kappa shape index (κ2) is 10.6. The van der Waals surface area contributed by atoms with Gasteiger partial charge in [-0.1, -0.05) is 24.6 Å². The third-order valence-corrected chi connectivity index (χ3v) is 6.19. The van der Waals surface area contributed by atoms with Crippen LogP contribution in [0.5, 0.6) is 17.2 Å². The number of ether oxygens (including phenoxy) is 3. The molecule has 8 heteroatoms. The molecule has 1 amide bonds. The van der Waals surface area contributed by atoms with Gasteiger partial charge in [0.15, 0.2) is 17.3 Å². The molecular weight excluding hydrogens is 434 g/mol. The van der Waals surface area contributed by atoms with Gasteiger partial charge in [-0.15, -0.1) is 0 Å². The van der Waals surface area contributed by atoms with E-state index in [2.05, 4.69) is 17.1 Å². The van der Waals surface area contributed by atoms with E-state index in [0.29, 0.717) is 42.8 Å². The number of carbonyl (C=O) groups is 1. The Balaban J connectivity index is 1.43. The predicted octanol–water partition coefficient (Wildman–Crippen LogP) is 5.01. The van der Waals surface area contributed by atoms with Crippen LogP contribution in [0, 0.1) is 0 Å². The zero-order valence-corrected chi connectivity index (χ0v) is 20.1. The summed E-state index contributed by atoms with van der Waals surface area (Å²) in [5.41, 5.74) is 1.79. The minimum Gasteiger partial charge on any atom is -0.494 e. The lowest BCUT2D eigenvalue weighted by Crippen LogP contribution is -2.28. The van der Waals surface area contributed by atoms with Gasteiger partial charge in [0, 0.05) is 24.4 Å². The normalized spacial score (nSPS) is 16.5. The quantitative estimate of drug-likeness (QED) is 0.389. The number of carbonyl (C=O) groups excluding carboxylic acids is 1. The van der Waals surface area contributed by atoms with Crippen molar-refractivity contribution in [2.24, 2.45) is 0 Å². The second-order valence-electron chi connectivity index (χ2n) is 8.42. The maximum Gasteiger partial charge on any atom is 0.257 e. The molecule has 2 aromatic carbocycles. The van der Waals surface area contributed by atoms with Crippen molar-refractivity contribution in [1.82, 2.24) is 15.0 Å². The van der Waals surface area contributed by atoms with Crippen molar-refractivity contribution in [3.8, 4) is 28.7 Å². The van der Waals surface area contributed by atoms with Crippen LogP contribution in [0.1, 0.15) is 56.5 Å². The summed E-state index contributed by atoms with van der Waals surface area (Å²) in [6, 6.07) is 13.2. The van der Waals surface area contributed by atoms with Crippen molar-refractivity contribution in [3.63, 3.8) is 0 Å². The third-order valence-electron chi connectivity index (χ3n) is 6.19. The Kier molecular flexibility index (Phi) is 7.35. The number of rotatable bonds is 10. The van der Waals surface area contributed by atoms with E-state index in [1.165, 1.54) is 0 Å². The van der Waals surface area contributed by atoms with Crippen LogP contribution >= 0.6 is 0 Å².